The van der Waals surface area contributed by atoms with Crippen LogP contribution in [-0.2, 0) is 4.74 Å². The van der Waals surface area contributed by atoms with Crippen LogP contribution in [0.4, 0.5) is 0 Å². The summed E-state index contributed by atoms with van der Waals surface area (Å²) in [7, 11) is 8.21. The monoisotopic (exact) mass is 246 g/mol. The van der Waals surface area contributed by atoms with Crippen molar-refractivity contribution in [3.05, 3.63) is 23.8 Å². The molecule has 0 aliphatic heterocycles. The first kappa shape index (κ1) is 12.2. The highest BCUT2D eigenvalue weighted by molar-refractivity contribution is 8.21. The summed E-state index contributed by atoms with van der Waals surface area (Å²) in [6.07, 6.45) is 0. The second kappa shape index (κ2) is 5.88. The second-order valence-electron chi connectivity index (χ2n) is 2.66. The van der Waals surface area contributed by atoms with Gasteiger partial charge >= 0.3 is 5.97 Å². The molecule has 0 saturated carbocycles. The number of carbonyl (C=O) groups is 1. The zero-order chi connectivity index (χ0) is 11.3. The highest BCUT2D eigenvalue weighted by Crippen LogP contribution is 2.32. The van der Waals surface area contributed by atoms with Gasteiger partial charge in [-0.15, -0.1) is 0 Å². The van der Waals surface area contributed by atoms with Crippen LogP contribution in [-0.4, -0.2) is 19.7 Å². The third kappa shape index (κ3) is 3.04. The summed E-state index contributed by atoms with van der Waals surface area (Å²) in [5.74, 6) is 0.287. The van der Waals surface area contributed by atoms with Gasteiger partial charge in [-0.25, -0.2) is 4.79 Å². The Morgan fingerprint density at radius 2 is 2.27 bits per heavy atom. The van der Waals surface area contributed by atoms with Gasteiger partial charge in [0.15, 0.2) is 0 Å². The Hall–Kier alpha value is -0.870. The molecule has 0 unspecified atom stereocenters. The summed E-state index contributed by atoms with van der Waals surface area (Å²) >= 11 is 0. The number of halogens is 1. The van der Waals surface area contributed by atoms with Gasteiger partial charge in [-0.05, 0) is 46.8 Å². The highest BCUT2D eigenvalue weighted by atomic mass is 35.7. The first-order chi connectivity index (χ1) is 7.22. The van der Waals surface area contributed by atoms with E-state index in [1.165, 1.54) is 0 Å². The summed E-state index contributed by atoms with van der Waals surface area (Å²) in [4.78, 5) is 12.1. The van der Waals surface area contributed by atoms with Gasteiger partial charge in [-0.1, -0.05) is 0 Å². The molecule has 0 atom stereocenters. The van der Waals surface area contributed by atoms with Gasteiger partial charge in [0.1, 0.15) is 5.75 Å². The highest BCUT2D eigenvalue weighted by Gasteiger charge is 2.10. The lowest BCUT2D eigenvalue weighted by Crippen LogP contribution is -2.04. The Kier molecular flexibility index (Phi) is 4.78. The van der Waals surface area contributed by atoms with E-state index in [4.69, 9.17) is 20.2 Å². The average Bonchev–Trinajstić information content (AvgIpc) is 2.28. The van der Waals surface area contributed by atoms with Crippen LogP contribution in [0.2, 0.25) is 0 Å². The zero-order valence-electron chi connectivity index (χ0n) is 8.45. The molecule has 82 valence electrons. The molecule has 0 radical (unpaired) electrons. The second-order valence-corrected chi connectivity index (χ2v) is 3.72. The first-order valence-electron chi connectivity index (χ1n) is 4.36. The number of carbonyl (C=O) groups excluding carboxylic acids is 1. The minimum absolute atomic E-state index is 0.355. The Bertz CT molecular complexity index is 355. The fourth-order valence-electron chi connectivity index (χ4n) is 1.08. The van der Waals surface area contributed by atoms with Crippen LogP contribution < -0.4 is 4.74 Å². The van der Waals surface area contributed by atoms with E-state index in [-0.39, 0.29) is 5.97 Å². The van der Waals surface area contributed by atoms with Crippen molar-refractivity contribution in [1.29, 1.82) is 0 Å². The molecule has 5 heteroatoms. The Morgan fingerprint density at radius 3 is 2.80 bits per heavy atom. The molecule has 0 aliphatic rings. The molecule has 1 aromatic carbocycles. The summed E-state index contributed by atoms with van der Waals surface area (Å²) in [6.45, 7) is 2.12. The maximum Gasteiger partial charge on any atom is 0.338 e. The molecule has 1 aromatic rings. The lowest BCUT2D eigenvalue weighted by atomic mass is 10.2. The Morgan fingerprint density at radius 1 is 1.53 bits per heavy atom. The quantitative estimate of drug-likeness (QED) is 0.765. The molecule has 0 N–H and O–H groups in total. The van der Waals surface area contributed by atoms with E-state index in [1.54, 1.807) is 32.2 Å². The average molecular weight is 247 g/mol. The number of methoxy groups -OCH3 is 1. The molecule has 0 saturated heterocycles. The van der Waals surface area contributed by atoms with E-state index in [0.29, 0.717) is 22.8 Å². The largest absolute Gasteiger partial charge is 0.496 e. The third-order valence-electron chi connectivity index (χ3n) is 1.76. The van der Waals surface area contributed by atoms with Crippen molar-refractivity contribution < 1.29 is 14.3 Å². The summed E-state index contributed by atoms with van der Waals surface area (Å²) < 4.78 is 9.94. The van der Waals surface area contributed by atoms with Crippen molar-refractivity contribution in [3.63, 3.8) is 0 Å². The van der Waals surface area contributed by atoms with Crippen molar-refractivity contribution in [3.8, 4) is 5.75 Å². The molecule has 3 nitrogen and oxygen atoms in total. The first-order valence-corrected chi connectivity index (χ1v) is 6.01. The molecule has 0 bridgehead atoms. The number of hydrogen-bond acceptors (Lipinski definition) is 4. The topological polar surface area (TPSA) is 35.5 Å². The standard InChI is InChI=1S/C10H11ClO3S/c1-3-14-10(12)7-4-5-8(13-2)9(6-7)15-11/h4-6H,3H2,1-2H3. The lowest BCUT2D eigenvalue weighted by molar-refractivity contribution is 0.0526. The molecule has 0 amide bonds. The van der Waals surface area contributed by atoms with Gasteiger partial charge in [0, 0.05) is 0 Å². The molecule has 0 spiro atoms. The van der Waals surface area contributed by atoms with Gasteiger partial charge in [0.25, 0.3) is 0 Å². The molecular formula is C10H11ClO3S. The summed E-state index contributed by atoms with van der Waals surface area (Å²) in [5, 5.41) is 0. The van der Waals surface area contributed by atoms with Crippen LogP contribution in [0, 0.1) is 0 Å². The third-order valence-corrected chi connectivity index (χ3v) is 2.74. The molecule has 15 heavy (non-hydrogen) atoms. The van der Waals surface area contributed by atoms with E-state index >= 15 is 0 Å². The SMILES string of the molecule is CCOC(=O)c1ccc(OC)c(SCl)c1. The molecule has 1 rings (SSSR count). The normalized spacial score (nSPS) is 9.80. The number of benzene rings is 1. The van der Waals surface area contributed by atoms with Crippen LogP contribution in [0.25, 0.3) is 0 Å². The van der Waals surface area contributed by atoms with Gasteiger partial charge in [0.05, 0.1) is 24.2 Å². The van der Waals surface area contributed by atoms with Crippen molar-refractivity contribution in [2.75, 3.05) is 13.7 Å². The minimum Gasteiger partial charge on any atom is -0.496 e. The van der Waals surface area contributed by atoms with Crippen LogP contribution in [0.3, 0.4) is 0 Å². The van der Waals surface area contributed by atoms with Crippen molar-refractivity contribution in [2.45, 2.75) is 11.8 Å². The molecule has 0 heterocycles. The van der Waals surface area contributed by atoms with Gasteiger partial charge in [0.2, 0.25) is 0 Å². The fraction of sp³-hybridized carbons (Fsp3) is 0.300. The van der Waals surface area contributed by atoms with E-state index in [2.05, 4.69) is 0 Å². The van der Waals surface area contributed by atoms with E-state index < -0.39 is 0 Å². The maximum absolute atomic E-state index is 11.4. The lowest BCUT2D eigenvalue weighted by Gasteiger charge is -2.07. The predicted octanol–water partition coefficient (Wildman–Crippen LogP) is 3.12. The smallest absolute Gasteiger partial charge is 0.338 e. The summed E-state index contributed by atoms with van der Waals surface area (Å²) in [6, 6.07) is 4.99. The van der Waals surface area contributed by atoms with Crippen LogP contribution in [0.15, 0.2) is 23.1 Å². The Balaban J connectivity index is 2.97. The molecule has 0 aromatic heterocycles. The van der Waals surface area contributed by atoms with Crippen molar-refractivity contribution in [2.24, 2.45) is 0 Å². The number of hydrogen-bond donors (Lipinski definition) is 0. The maximum atomic E-state index is 11.4. The van der Waals surface area contributed by atoms with Crippen molar-refractivity contribution >= 4 is 27.6 Å². The van der Waals surface area contributed by atoms with E-state index in [0.717, 1.165) is 11.0 Å². The molecule has 0 aliphatic carbocycles. The molecular weight excluding hydrogens is 236 g/mol. The van der Waals surface area contributed by atoms with Crippen LogP contribution >= 0.6 is 21.7 Å². The minimum atomic E-state index is -0.355. The fourth-order valence-corrected chi connectivity index (χ4v) is 1.84. The van der Waals surface area contributed by atoms with E-state index in [9.17, 15) is 4.79 Å². The van der Waals surface area contributed by atoms with Crippen molar-refractivity contribution in [1.82, 2.24) is 0 Å². The van der Waals surface area contributed by atoms with Gasteiger partial charge in [-0.3, -0.25) is 0 Å². The molecule has 0 fully saturated rings. The number of esters is 1. The predicted molar refractivity (Wildman–Crippen MR) is 60.7 cm³/mol. The number of rotatable bonds is 4. The zero-order valence-corrected chi connectivity index (χ0v) is 10.0. The summed E-state index contributed by atoms with van der Waals surface area (Å²) in [5.41, 5.74) is 0.473. The van der Waals surface area contributed by atoms with Gasteiger partial charge < -0.3 is 9.47 Å². The van der Waals surface area contributed by atoms with Gasteiger partial charge in [-0.2, -0.15) is 0 Å². The van der Waals surface area contributed by atoms with E-state index in [1.807, 2.05) is 0 Å². The Labute approximate surface area is 97.2 Å². The number of ether oxygens (including phenoxy) is 2. The van der Waals surface area contributed by atoms with Crippen LogP contribution in [0.5, 0.6) is 5.75 Å². The van der Waals surface area contributed by atoms with Crippen LogP contribution in [0.1, 0.15) is 17.3 Å².